The van der Waals surface area contributed by atoms with Gasteiger partial charge in [0.1, 0.15) is 0 Å². The van der Waals surface area contributed by atoms with Crippen molar-refractivity contribution < 1.29 is 5.11 Å². The van der Waals surface area contributed by atoms with Crippen LogP contribution in [-0.4, -0.2) is 21.6 Å². The van der Waals surface area contributed by atoms with E-state index in [9.17, 15) is 5.11 Å². The highest BCUT2D eigenvalue weighted by molar-refractivity contribution is 5.82. The molecule has 2 aromatic heterocycles. The quantitative estimate of drug-likeness (QED) is 0.790. The third kappa shape index (κ3) is 3.60. The Morgan fingerprint density at radius 1 is 1.30 bits per heavy atom. The van der Waals surface area contributed by atoms with Gasteiger partial charge in [-0.1, -0.05) is 36.0 Å². The first-order valence-electron chi connectivity index (χ1n) is 9.86. The Hall–Kier alpha value is -2.30. The molecule has 0 spiro atoms. The van der Waals surface area contributed by atoms with E-state index in [0.29, 0.717) is 24.1 Å². The minimum Gasteiger partial charge on any atom is -0.387 e. The molecule has 2 aromatic rings. The van der Waals surface area contributed by atoms with Crippen molar-refractivity contribution in [2.45, 2.75) is 50.5 Å². The van der Waals surface area contributed by atoms with Crippen LogP contribution in [0.5, 0.6) is 0 Å². The maximum Gasteiger partial charge on any atom is 0.0938 e. The fraction of sp³-hybridized carbons (Fsp3) is 0.391. The van der Waals surface area contributed by atoms with Crippen LogP contribution in [0.4, 0.5) is 0 Å². The van der Waals surface area contributed by atoms with E-state index >= 15 is 0 Å². The van der Waals surface area contributed by atoms with Crippen molar-refractivity contribution in [2.24, 2.45) is 5.73 Å². The van der Waals surface area contributed by atoms with E-state index in [4.69, 9.17) is 10.7 Å². The zero-order valence-electron chi connectivity index (χ0n) is 15.8. The number of rotatable bonds is 4. The molecule has 4 rings (SSSR count). The topological polar surface area (TPSA) is 72.0 Å². The molecule has 2 aliphatic carbocycles. The molecule has 0 aromatic carbocycles. The molecule has 0 aliphatic heterocycles. The summed E-state index contributed by atoms with van der Waals surface area (Å²) >= 11 is 0. The Bertz CT molecular complexity index is 927. The van der Waals surface area contributed by atoms with Gasteiger partial charge in [-0.2, -0.15) is 0 Å². The summed E-state index contributed by atoms with van der Waals surface area (Å²) < 4.78 is 0. The Labute approximate surface area is 160 Å². The van der Waals surface area contributed by atoms with Crippen LogP contribution in [0.15, 0.2) is 54.3 Å². The van der Waals surface area contributed by atoms with Gasteiger partial charge in [-0.15, -0.1) is 0 Å². The van der Waals surface area contributed by atoms with Crippen molar-refractivity contribution in [3.63, 3.8) is 0 Å². The van der Waals surface area contributed by atoms with Gasteiger partial charge in [0.2, 0.25) is 0 Å². The van der Waals surface area contributed by atoms with Gasteiger partial charge in [0.05, 0.1) is 17.3 Å². The van der Waals surface area contributed by atoms with Crippen molar-refractivity contribution >= 4 is 10.9 Å². The molecule has 3 N–H and O–H groups in total. The molecule has 3 unspecified atom stereocenters. The van der Waals surface area contributed by atoms with Crippen LogP contribution in [0.3, 0.4) is 0 Å². The van der Waals surface area contributed by atoms with Crippen LogP contribution in [0.1, 0.15) is 67.5 Å². The second kappa shape index (κ2) is 7.75. The summed E-state index contributed by atoms with van der Waals surface area (Å²) in [5, 5.41) is 11.1. The second-order valence-electron chi connectivity index (χ2n) is 7.59. The fourth-order valence-electron chi connectivity index (χ4n) is 4.24. The lowest BCUT2D eigenvalue weighted by Crippen LogP contribution is -2.15. The Morgan fingerprint density at radius 3 is 2.85 bits per heavy atom. The van der Waals surface area contributed by atoms with E-state index in [0.717, 1.165) is 36.6 Å². The second-order valence-corrected chi connectivity index (χ2v) is 7.59. The molecule has 4 nitrogen and oxygen atoms in total. The summed E-state index contributed by atoms with van der Waals surface area (Å²) in [5.41, 5.74) is 11.3. The van der Waals surface area contributed by atoms with Gasteiger partial charge in [-0.3, -0.25) is 9.97 Å². The maximum atomic E-state index is 10.2. The van der Waals surface area contributed by atoms with E-state index in [2.05, 4.69) is 41.4 Å². The van der Waals surface area contributed by atoms with Crippen molar-refractivity contribution in [1.29, 1.82) is 0 Å². The Balaban J connectivity index is 1.84. The van der Waals surface area contributed by atoms with E-state index in [1.807, 2.05) is 6.07 Å². The number of aliphatic hydroxyl groups excluding tert-OH is 1. The van der Waals surface area contributed by atoms with Crippen molar-refractivity contribution in [1.82, 2.24) is 9.97 Å². The summed E-state index contributed by atoms with van der Waals surface area (Å²) in [6.07, 6.45) is 16.3. The molecule has 2 heterocycles. The smallest absolute Gasteiger partial charge is 0.0938 e. The van der Waals surface area contributed by atoms with Crippen LogP contribution in [0.25, 0.3) is 10.9 Å². The molecule has 0 saturated carbocycles. The standard InChI is InChI=1S/C23H27N3O/c1-15(27)22-20-13-19(17-5-3-2-4-6-17)23(26-21(20)11-12-25-22)18-9-7-16(14-24)8-10-18/h2-5,7,11-13,15,17-18,27H,6,8-10,14,24H2,1H3. The molecule has 0 fully saturated rings. The molecular weight excluding hydrogens is 334 g/mol. The van der Waals surface area contributed by atoms with Gasteiger partial charge in [-0.25, -0.2) is 0 Å². The highest BCUT2D eigenvalue weighted by atomic mass is 16.3. The number of nitrogens with zero attached hydrogens (tertiary/aromatic N) is 2. The minimum absolute atomic E-state index is 0.323. The van der Waals surface area contributed by atoms with Gasteiger partial charge in [0.15, 0.2) is 0 Å². The highest BCUT2D eigenvalue weighted by Crippen LogP contribution is 2.39. The van der Waals surface area contributed by atoms with Crippen LogP contribution in [0, 0.1) is 0 Å². The number of fused-ring (bicyclic) bond motifs is 1. The molecular formula is C23H27N3O. The number of hydrogen-bond acceptors (Lipinski definition) is 4. The minimum atomic E-state index is -0.610. The Kier molecular flexibility index (Phi) is 5.19. The number of allylic oxidation sites excluding steroid dienone is 5. The first-order chi connectivity index (χ1) is 13.2. The normalized spacial score (nSPS) is 23.4. The predicted octanol–water partition coefficient (Wildman–Crippen LogP) is 4.44. The van der Waals surface area contributed by atoms with E-state index < -0.39 is 6.10 Å². The van der Waals surface area contributed by atoms with Gasteiger partial charge in [0, 0.05) is 35.7 Å². The first-order valence-corrected chi connectivity index (χ1v) is 9.86. The average molecular weight is 361 g/mol. The number of pyridine rings is 2. The molecule has 27 heavy (non-hydrogen) atoms. The summed E-state index contributed by atoms with van der Waals surface area (Å²) in [4.78, 5) is 9.51. The third-order valence-corrected chi connectivity index (χ3v) is 5.76. The van der Waals surface area contributed by atoms with E-state index in [1.54, 1.807) is 13.1 Å². The van der Waals surface area contributed by atoms with Crippen molar-refractivity contribution in [3.05, 3.63) is 71.2 Å². The molecule has 3 atom stereocenters. The summed E-state index contributed by atoms with van der Waals surface area (Å²) in [6.45, 7) is 2.42. The molecule has 0 saturated heterocycles. The van der Waals surface area contributed by atoms with Crippen molar-refractivity contribution in [3.8, 4) is 0 Å². The molecule has 2 aliphatic rings. The van der Waals surface area contributed by atoms with Gasteiger partial charge in [-0.05, 0) is 50.3 Å². The van der Waals surface area contributed by atoms with E-state index in [1.165, 1.54) is 16.8 Å². The molecule has 140 valence electrons. The number of aliphatic hydroxyl groups is 1. The van der Waals surface area contributed by atoms with Crippen molar-refractivity contribution in [2.75, 3.05) is 6.54 Å². The molecule has 0 amide bonds. The van der Waals surface area contributed by atoms with Crippen LogP contribution in [0.2, 0.25) is 0 Å². The van der Waals surface area contributed by atoms with Gasteiger partial charge >= 0.3 is 0 Å². The molecule has 4 heteroatoms. The summed E-state index contributed by atoms with van der Waals surface area (Å²) in [5.74, 6) is 0.742. The lowest BCUT2D eigenvalue weighted by molar-refractivity contribution is 0.196. The molecule has 0 radical (unpaired) electrons. The maximum absolute atomic E-state index is 10.2. The average Bonchev–Trinajstić information content (AvgIpc) is 2.73. The predicted molar refractivity (Wildman–Crippen MR) is 110 cm³/mol. The SMILES string of the molecule is CC(O)c1nccc2nc(C3CC=C(CN)CC3)c(C3C=CC=CC3)cc12. The lowest BCUT2D eigenvalue weighted by Gasteiger charge is -2.26. The monoisotopic (exact) mass is 361 g/mol. The number of nitrogens with two attached hydrogens (primary N) is 1. The summed E-state index contributed by atoms with van der Waals surface area (Å²) in [6, 6.07) is 4.18. The van der Waals surface area contributed by atoms with Crippen LogP contribution < -0.4 is 5.73 Å². The first kappa shape index (κ1) is 18.1. The molecule has 0 bridgehead atoms. The van der Waals surface area contributed by atoms with Crippen LogP contribution >= 0.6 is 0 Å². The van der Waals surface area contributed by atoms with Gasteiger partial charge in [0.25, 0.3) is 0 Å². The van der Waals surface area contributed by atoms with E-state index in [-0.39, 0.29) is 0 Å². The zero-order valence-corrected chi connectivity index (χ0v) is 15.8. The number of aromatic nitrogens is 2. The highest BCUT2D eigenvalue weighted by Gasteiger charge is 2.25. The number of hydrogen-bond donors (Lipinski definition) is 2. The zero-order chi connectivity index (χ0) is 18.8. The Morgan fingerprint density at radius 2 is 2.19 bits per heavy atom. The fourth-order valence-corrected chi connectivity index (χ4v) is 4.24. The summed E-state index contributed by atoms with van der Waals surface area (Å²) in [7, 11) is 0. The largest absolute Gasteiger partial charge is 0.387 e. The third-order valence-electron chi connectivity index (χ3n) is 5.76. The lowest BCUT2D eigenvalue weighted by atomic mass is 9.81. The van der Waals surface area contributed by atoms with Crippen LogP contribution in [-0.2, 0) is 0 Å². The van der Waals surface area contributed by atoms with Gasteiger partial charge < -0.3 is 10.8 Å².